The minimum absolute atomic E-state index is 0.348. The van der Waals surface area contributed by atoms with Gasteiger partial charge in [0, 0.05) is 10.6 Å². The number of amides is 1. The molecule has 6 nitrogen and oxygen atoms in total. The van der Waals surface area contributed by atoms with Gasteiger partial charge in [-0.25, -0.2) is 10.2 Å². The number of carbonyl (C=O) groups is 2. The second-order valence-electron chi connectivity index (χ2n) is 4.46. The second-order valence-corrected chi connectivity index (χ2v) is 4.89. The van der Waals surface area contributed by atoms with Crippen LogP contribution < -0.4 is 10.2 Å². The molecule has 7 heteroatoms. The zero-order chi connectivity index (χ0) is 16.7. The van der Waals surface area contributed by atoms with Crippen LogP contribution in [0.1, 0.15) is 15.9 Å². The number of hydrazone groups is 1. The molecule has 0 aliphatic rings. The third kappa shape index (κ3) is 5.44. The monoisotopic (exact) mass is 332 g/mol. The van der Waals surface area contributed by atoms with Gasteiger partial charge in [-0.15, -0.1) is 0 Å². The largest absolute Gasteiger partial charge is 0.482 e. The van der Waals surface area contributed by atoms with E-state index in [9.17, 15) is 9.59 Å². The third-order valence-corrected chi connectivity index (χ3v) is 2.98. The quantitative estimate of drug-likeness (QED) is 0.628. The molecule has 0 aromatic heterocycles. The molecule has 0 atom stereocenters. The van der Waals surface area contributed by atoms with Crippen LogP contribution >= 0.6 is 11.6 Å². The summed E-state index contributed by atoms with van der Waals surface area (Å²) in [6, 6.07) is 13.1. The summed E-state index contributed by atoms with van der Waals surface area (Å²) >= 11 is 5.75. The van der Waals surface area contributed by atoms with E-state index in [0.29, 0.717) is 16.3 Å². The molecule has 0 bridgehead atoms. The number of benzene rings is 2. The maximum absolute atomic E-state index is 11.8. The molecule has 0 saturated heterocycles. The van der Waals surface area contributed by atoms with Gasteiger partial charge in [0.05, 0.1) is 6.21 Å². The summed E-state index contributed by atoms with van der Waals surface area (Å²) in [6.45, 7) is -0.398. The molecule has 0 aliphatic carbocycles. The molecule has 0 saturated carbocycles. The third-order valence-electron chi connectivity index (χ3n) is 2.73. The highest BCUT2D eigenvalue weighted by Crippen LogP contribution is 2.11. The van der Waals surface area contributed by atoms with Gasteiger partial charge in [-0.05, 0) is 54.1 Å². The Hall–Kier alpha value is -2.86. The Labute approximate surface area is 137 Å². The maximum Gasteiger partial charge on any atom is 0.341 e. The van der Waals surface area contributed by atoms with E-state index in [0.717, 1.165) is 5.56 Å². The molecule has 0 fully saturated rings. The van der Waals surface area contributed by atoms with Crippen LogP contribution in [-0.2, 0) is 4.79 Å². The lowest BCUT2D eigenvalue weighted by molar-refractivity contribution is -0.139. The highest BCUT2D eigenvalue weighted by atomic mass is 35.5. The van der Waals surface area contributed by atoms with E-state index in [1.807, 2.05) is 0 Å². The lowest BCUT2D eigenvalue weighted by atomic mass is 10.2. The summed E-state index contributed by atoms with van der Waals surface area (Å²) in [5.74, 6) is -0.949. The minimum Gasteiger partial charge on any atom is -0.482 e. The number of nitrogens with zero attached hydrogens (tertiary/aromatic N) is 1. The molecule has 23 heavy (non-hydrogen) atoms. The van der Waals surface area contributed by atoms with Crippen LogP contribution in [0, 0.1) is 0 Å². The first-order valence-corrected chi connectivity index (χ1v) is 6.96. The normalized spacial score (nSPS) is 10.5. The molecule has 2 aromatic rings. The average Bonchev–Trinajstić information content (AvgIpc) is 2.54. The average molecular weight is 333 g/mol. The molecule has 118 valence electrons. The number of halogens is 1. The van der Waals surface area contributed by atoms with Crippen molar-refractivity contribution in [3.63, 3.8) is 0 Å². The Kier molecular flexibility index (Phi) is 5.71. The Morgan fingerprint density at radius 2 is 1.78 bits per heavy atom. The molecule has 0 heterocycles. The topological polar surface area (TPSA) is 88.0 Å². The summed E-state index contributed by atoms with van der Waals surface area (Å²) < 4.78 is 5.01. The van der Waals surface area contributed by atoms with Crippen LogP contribution in [0.5, 0.6) is 5.75 Å². The van der Waals surface area contributed by atoms with Crippen molar-refractivity contribution >= 4 is 29.7 Å². The van der Waals surface area contributed by atoms with Crippen molar-refractivity contribution in [3.05, 3.63) is 64.7 Å². The van der Waals surface area contributed by atoms with Gasteiger partial charge < -0.3 is 9.84 Å². The van der Waals surface area contributed by atoms with Crippen LogP contribution in [0.3, 0.4) is 0 Å². The molecule has 0 spiro atoms. The number of carbonyl (C=O) groups excluding carboxylic acids is 1. The van der Waals surface area contributed by atoms with Gasteiger partial charge in [-0.3, -0.25) is 4.79 Å². The molecule has 0 unspecified atom stereocenters. The number of ether oxygens (including phenoxy) is 1. The van der Waals surface area contributed by atoms with Gasteiger partial charge in [0.25, 0.3) is 5.91 Å². The highest BCUT2D eigenvalue weighted by Gasteiger charge is 2.03. The zero-order valence-electron chi connectivity index (χ0n) is 11.9. The van der Waals surface area contributed by atoms with E-state index in [-0.39, 0.29) is 5.91 Å². The number of nitrogens with one attached hydrogen (secondary N) is 1. The number of hydrogen-bond acceptors (Lipinski definition) is 4. The highest BCUT2D eigenvalue weighted by molar-refractivity contribution is 6.30. The van der Waals surface area contributed by atoms with Crippen molar-refractivity contribution in [2.24, 2.45) is 5.10 Å². The van der Waals surface area contributed by atoms with Crippen molar-refractivity contribution in [2.75, 3.05) is 6.61 Å². The molecule has 2 rings (SSSR count). The van der Waals surface area contributed by atoms with Crippen LogP contribution in [0.15, 0.2) is 53.6 Å². The summed E-state index contributed by atoms with van der Waals surface area (Å²) in [7, 11) is 0. The lowest BCUT2D eigenvalue weighted by Gasteiger charge is -2.03. The fraction of sp³-hybridized carbons (Fsp3) is 0.0625. The SMILES string of the molecule is O=C(O)COc1ccc(/C=N/NC(=O)c2ccc(Cl)cc2)cc1. The van der Waals surface area contributed by atoms with Crippen LogP contribution in [-0.4, -0.2) is 29.8 Å². The summed E-state index contributed by atoms with van der Waals surface area (Å²) in [5, 5.41) is 12.9. The van der Waals surface area contributed by atoms with Crippen molar-refractivity contribution in [2.45, 2.75) is 0 Å². The first-order chi connectivity index (χ1) is 11.0. The molecule has 2 N–H and O–H groups in total. The van der Waals surface area contributed by atoms with E-state index >= 15 is 0 Å². The van der Waals surface area contributed by atoms with Crippen molar-refractivity contribution in [3.8, 4) is 5.75 Å². The van der Waals surface area contributed by atoms with Crippen LogP contribution in [0.2, 0.25) is 5.02 Å². The van der Waals surface area contributed by atoms with Gasteiger partial charge in [-0.1, -0.05) is 11.6 Å². The Bertz CT molecular complexity index is 712. The number of carboxylic acid groups (broad SMARTS) is 1. The number of aliphatic carboxylic acids is 1. The summed E-state index contributed by atoms with van der Waals surface area (Å²) in [5.41, 5.74) is 3.57. The van der Waals surface area contributed by atoms with Crippen molar-refractivity contribution in [1.29, 1.82) is 0 Å². The van der Waals surface area contributed by atoms with Gasteiger partial charge >= 0.3 is 5.97 Å². The number of carboxylic acids is 1. The smallest absolute Gasteiger partial charge is 0.341 e. The van der Waals surface area contributed by atoms with E-state index < -0.39 is 12.6 Å². The van der Waals surface area contributed by atoms with Crippen molar-refractivity contribution in [1.82, 2.24) is 5.43 Å². The van der Waals surface area contributed by atoms with Gasteiger partial charge in [-0.2, -0.15) is 5.10 Å². The number of rotatable bonds is 6. The van der Waals surface area contributed by atoms with Gasteiger partial charge in [0.2, 0.25) is 0 Å². The molecular formula is C16H13ClN2O4. The van der Waals surface area contributed by atoms with Gasteiger partial charge in [0.1, 0.15) is 5.75 Å². The van der Waals surface area contributed by atoms with Crippen molar-refractivity contribution < 1.29 is 19.4 Å². The van der Waals surface area contributed by atoms with E-state index in [1.54, 1.807) is 48.5 Å². The fourth-order valence-electron chi connectivity index (χ4n) is 1.63. The summed E-state index contributed by atoms with van der Waals surface area (Å²) in [4.78, 5) is 22.2. The summed E-state index contributed by atoms with van der Waals surface area (Å²) in [6.07, 6.45) is 1.47. The maximum atomic E-state index is 11.8. The Morgan fingerprint density at radius 3 is 2.39 bits per heavy atom. The van der Waals surface area contributed by atoms with E-state index in [2.05, 4.69) is 10.5 Å². The fourth-order valence-corrected chi connectivity index (χ4v) is 1.75. The number of hydrogen-bond donors (Lipinski definition) is 2. The zero-order valence-corrected chi connectivity index (χ0v) is 12.7. The van der Waals surface area contributed by atoms with Gasteiger partial charge in [0.15, 0.2) is 6.61 Å². The molecule has 0 aliphatic heterocycles. The van der Waals surface area contributed by atoms with E-state index in [1.165, 1.54) is 6.21 Å². The molecular weight excluding hydrogens is 320 g/mol. The molecule has 2 aromatic carbocycles. The molecule has 0 radical (unpaired) electrons. The molecule has 1 amide bonds. The first-order valence-electron chi connectivity index (χ1n) is 6.58. The predicted octanol–water partition coefficient (Wildman–Crippen LogP) is 2.57. The standard InChI is InChI=1S/C16H13ClN2O4/c17-13-5-3-12(4-6-13)16(22)19-18-9-11-1-7-14(8-2-11)23-10-15(20)21/h1-9H,10H2,(H,19,22)(H,20,21)/b18-9+. The van der Waals surface area contributed by atoms with E-state index in [4.69, 9.17) is 21.4 Å². The van der Waals surface area contributed by atoms with Crippen LogP contribution in [0.4, 0.5) is 0 Å². The Balaban J connectivity index is 1.88. The van der Waals surface area contributed by atoms with Crippen LogP contribution in [0.25, 0.3) is 0 Å². The first kappa shape index (κ1) is 16.5. The lowest BCUT2D eigenvalue weighted by Crippen LogP contribution is -2.17. The Morgan fingerprint density at radius 1 is 1.13 bits per heavy atom. The predicted molar refractivity (Wildman–Crippen MR) is 86.1 cm³/mol. The second kappa shape index (κ2) is 7.95. The minimum atomic E-state index is -1.04.